The van der Waals surface area contributed by atoms with Crippen molar-refractivity contribution in [2.45, 2.75) is 13.5 Å². The zero-order valence-electron chi connectivity index (χ0n) is 10.8. The Morgan fingerprint density at radius 2 is 2.11 bits per heavy atom. The highest BCUT2D eigenvalue weighted by Crippen LogP contribution is 2.18. The van der Waals surface area contributed by atoms with Gasteiger partial charge in [-0.1, -0.05) is 12.1 Å². The number of aromatic amines is 1. The molecule has 96 valence electrons. The van der Waals surface area contributed by atoms with Gasteiger partial charge in [-0.15, -0.1) is 0 Å². The van der Waals surface area contributed by atoms with E-state index in [9.17, 15) is 0 Å². The van der Waals surface area contributed by atoms with Crippen LogP contribution in [0, 0.1) is 6.92 Å². The Balaban J connectivity index is 1.77. The van der Waals surface area contributed by atoms with Crippen LogP contribution >= 0.6 is 0 Å². The second kappa shape index (κ2) is 4.65. The minimum Gasteiger partial charge on any atom is -0.382 e. The Hall–Kier alpha value is -2.49. The third kappa shape index (κ3) is 2.38. The average Bonchev–Trinajstić information content (AvgIpc) is 2.85. The van der Waals surface area contributed by atoms with E-state index in [1.54, 1.807) is 0 Å². The monoisotopic (exact) mass is 252 g/mol. The van der Waals surface area contributed by atoms with Gasteiger partial charge in [0.15, 0.2) is 0 Å². The van der Waals surface area contributed by atoms with Crippen LogP contribution in [-0.2, 0) is 6.54 Å². The minimum absolute atomic E-state index is 0.543. The van der Waals surface area contributed by atoms with Gasteiger partial charge in [-0.25, -0.2) is 4.98 Å². The molecule has 0 aliphatic carbocycles. The van der Waals surface area contributed by atoms with Gasteiger partial charge in [0, 0.05) is 24.0 Å². The number of nitrogens with zero attached hydrogens (tertiary/aromatic N) is 1. The molecule has 0 spiro atoms. The number of rotatable bonds is 3. The number of anilines is 2. The third-order valence-electron chi connectivity index (χ3n) is 3.17. The lowest BCUT2D eigenvalue weighted by atomic mass is 10.1. The number of pyridine rings is 1. The van der Waals surface area contributed by atoms with Gasteiger partial charge < -0.3 is 16.0 Å². The number of nitrogens with two attached hydrogens (primary N) is 1. The lowest BCUT2D eigenvalue weighted by Crippen LogP contribution is -2.04. The molecule has 4 N–H and O–H groups in total. The van der Waals surface area contributed by atoms with Crippen molar-refractivity contribution in [2.75, 3.05) is 11.1 Å². The maximum absolute atomic E-state index is 5.88. The molecule has 2 aromatic heterocycles. The lowest BCUT2D eigenvalue weighted by molar-refractivity contribution is 1.13. The number of benzene rings is 1. The highest BCUT2D eigenvalue weighted by Gasteiger charge is 2.01. The van der Waals surface area contributed by atoms with E-state index in [1.165, 1.54) is 10.9 Å². The van der Waals surface area contributed by atoms with Gasteiger partial charge >= 0.3 is 0 Å². The van der Waals surface area contributed by atoms with Crippen LogP contribution in [0.3, 0.4) is 0 Å². The molecule has 4 heteroatoms. The van der Waals surface area contributed by atoms with E-state index in [1.807, 2.05) is 25.3 Å². The van der Waals surface area contributed by atoms with Crippen LogP contribution in [-0.4, -0.2) is 9.97 Å². The molecule has 0 saturated heterocycles. The fourth-order valence-electron chi connectivity index (χ4n) is 2.13. The summed E-state index contributed by atoms with van der Waals surface area (Å²) < 4.78 is 0. The first-order valence-corrected chi connectivity index (χ1v) is 6.25. The zero-order valence-corrected chi connectivity index (χ0v) is 10.8. The SMILES string of the molecule is Cc1ccc(NCc2ccc3cc[nH]c3c2)c(N)n1. The molecule has 0 unspecified atom stereocenters. The molecule has 3 aromatic rings. The first-order chi connectivity index (χ1) is 9.22. The molecule has 0 saturated carbocycles. The summed E-state index contributed by atoms with van der Waals surface area (Å²) in [6.45, 7) is 2.66. The molecule has 0 aliphatic heterocycles. The van der Waals surface area contributed by atoms with Crippen molar-refractivity contribution < 1.29 is 0 Å². The smallest absolute Gasteiger partial charge is 0.147 e. The van der Waals surface area contributed by atoms with Gasteiger partial charge in [-0.2, -0.15) is 0 Å². The van der Waals surface area contributed by atoms with E-state index in [0.29, 0.717) is 5.82 Å². The summed E-state index contributed by atoms with van der Waals surface area (Å²) in [6, 6.07) is 12.3. The molecular weight excluding hydrogens is 236 g/mol. The Kier molecular flexibility index (Phi) is 2.83. The van der Waals surface area contributed by atoms with Gasteiger partial charge in [0.25, 0.3) is 0 Å². The van der Waals surface area contributed by atoms with Crippen LogP contribution < -0.4 is 11.1 Å². The second-order valence-electron chi connectivity index (χ2n) is 4.64. The van der Waals surface area contributed by atoms with E-state index in [4.69, 9.17) is 5.73 Å². The van der Waals surface area contributed by atoms with Crippen LogP contribution in [0.15, 0.2) is 42.6 Å². The topological polar surface area (TPSA) is 66.7 Å². The predicted octanol–water partition coefficient (Wildman–Crippen LogP) is 3.07. The van der Waals surface area contributed by atoms with Gasteiger partial charge in [-0.3, -0.25) is 0 Å². The molecular formula is C15H16N4. The van der Waals surface area contributed by atoms with Crippen LogP contribution in [0.5, 0.6) is 0 Å². The summed E-state index contributed by atoms with van der Waals surface area (Å²) in [7, 11) is 0. The van der Waals surface area contributed by atoms with Gasteiger partial charge in [0.2, 0.25) is 0 Å². The molecule has 19 heavy (non-hydrogen) atoms. The molecule has 0 atom stereocenters. The molecule has 0 bridgehead atoms. The summed E-state index contributed by atoms with van der Waals surface area (Å²) in [4.78, 5) is 7.45. The van der Waals surface area contributed by atoms with Crippen LogP contribution in [0.2, 0.25) is 0 Å². The number of fused-ring (bicyclic) bond motifs is 1. The van der Waals surface area contributed by atoms with E-state index < -0.39 is 0 Å². The normalized spacial score (nSPS) is 10.8. The average molecular weight is 252 g/mol. The van der Waals surface area contributed by atoms with Crippen LogP contribution in [0.25, 0.3) is 10.9 Å². The zero-order chi connectivity index (χ0) is 13.2. The predicted molar refractivity (Wildman–Crippen MR) is 79.0 cm³/mol. The molecule has 3 rings (SSSR count). The number of hydrogen-bond acceptors (Lipinski definition) is 3. The summed E-state index contributed by atoms with van der Waals surface area (Å²) in [6.07, 6.45) is 1.95. The Bertz CT molecular complexity index is 715. The van der Waals surface area contributed by atoms with Gasteiger partial charge in [0.05, 0.1) is 5.69 Å². The van der Waals surface area contributed by atoms with E-state index >= 15 is 0 Å². The molecule has 0 fully saturated rings. The van der Waals surface area contributed by atoms with Crippen molar-refractivity contribution in [3.8, 4) is 0 Å². The van der Waals surface area contributed by atoms with Crippen LogP contribution in [0.1, 0.15) is 11.3 Å². The molecule has 0 aliphatic rings. The summed E-state index contributed by atoms with van der Waals surface area (Å²) >= 11 is 0. The highest BCUT2D eigenvalue weighted by molar-refractivity contribution is 5.80. The highest BCUT2D eigenvalue weighted by atomic mass is 15.0. The Labute approximate surface area is 111 Å². The van der Waals surface area contributed by atoms with E-state index in [2.05, 4.69) is 39.6 Å². The van der Waals surface area contributed by atoms with Crippen molar-refractivity contribution in [1.29, 1.82) is 0 Å². The Morgan fingerprint density at radius 3 is 2.95 bits per heavy atom. The largest absolute Gasteiger partial charge is 0.382 e. The maximum atomic E-state index is 5.88. The molecule has 2 heterocycles. The number of aryl methyl sites for hydroxylation is 1. The number of H-pyrrole nitrogens is 1. The minimum atomic E-state index is 0.543. The van der Waals surface area contributed by atoms with Crippen molar-refractivity contribution >= 4 is 22.4 Å². The van der Waals surface area contributed by atoms with Crippen molar-refractivity contribution in [1.82, 2.24) is 9.97 Å². The van der Waals surface area contributed by atoms with Crippen molar-refractivity contribution in [3.05, 3.63) is 53.9 Å². The number of nitrogen functional groups attached to an aromatic ring is 1. The first-order valence-electron chi connectivity index (χ1n) is 6.25. The molecule has 0 amide bonds. The maximum Gasteiger partial charge on any atom is 0.147 e. The van der Waals surface area contributed by atoms with Crippen molar-refractivity contribution in [3.63, 3.8) is 0 Å². The molecule has 0 radical (unpaired) electrons. The van der Waals surface area contributed by atoms with E-state index in [-0.39, 0.29) is 0 Å². The quantitative estimate of drug-likeness (QED) is 0.671. The van der Waals surface area contributed by atoms with Gasteiger partial charge in [-0.05, 0) is 42.1 Å². The summed E-state index contributed by atoms with van der Waals surface area (Å²) in [5.74, 6) is 0.543. The van der Waals surface area contributed by atoms with E-state index in [0.717, 1.165) is 23.4 Å². The second-order valence-corrected chi connectivity index (χ2v) is 4.64. The Morgan fingerprint density at radius 1 is 1.21 bits per heavy atom. The van der Waals surface area contributed by atoms with Crippen LogP contribution in [0.4, 0.5) is 11.5 Å². The molecule has 4 nitrogen and oxygen atoms in total. The van der Waals surface area contributed by atoms with Gasteiger partial charge in [0.1, 0.15) is 5.82 Å². The summed E-state index contributed by atoms with van der Waals surface area (Å²) in [5.41, 5.74) is 10.0. The lowest BCUT2D eigenvalue weighted by Gasteiger charge is -2.09. The fourth-order valence-corrected chi connectivity index (χ4v) is 2.13. The fraction of sp³-hybridized carbons (Fsp3) is 0.133. The molecule has 1 aromatic carbocycles. The van der Waals surface area contributed by atoms with Crippen molar-refractivity contribution in [2.24, 2.45) is 0 Å². The first kappa shape index (κ1) is 11.6. The number of aromatic nitrogens is 2. The number of hydrogen-bond donors (Lipinski definition) is 3. The summed E-state index contributed by atoms with van der Waals surface area (Å²) in [5, 5.41) is 4.53. The number of nitrogens with one attached hydrogen (secondary N) is 2. The third-order valence-corrected chi connectivity index (χ3v) is 3.17. The standard InChI is InChI=1S/C15H16N4/c1-10-2-5-13(15(16)19-10)18-9-11-3-4-12-6-7-17-14(12)8-11/h2-8,17-18H,9H2,1H3,(H2,16,19).